The summed E-state index contributed by atoms with van der Waals surface area (Å²) >= 11 is 0. The van der Waals surface area contributed by atoms with Gasteiger partial charge in [0.1, 0.15) is 0 Å². The lowest BCUT2D eigenvalue weighted by atomic mass is 10.1. The van der Waals surface area contributed by atoms with Crippen LogP contribution < -0.4 is 0 Å². The molecule has 0 saturated heterocycles. The Morgan fingerprint density at radius 1 is 1.35 bits per heavy atom. The fourth-order valence-corrected chi connectivity index (χ4v) is 2.05. The highest BCUT2D eigenvalue weighted by Crippen LogP contribution is 2.11. The molecule has 1 aromatic carbocycles. The second-order valence-corrected chi connectivity index (χ2v) is 4.77. The number of methoxy groups -OCH3 is 2. The van der Waals surface area contributed by atoms with E-state index in [-0.39, 0.29) is 6.04 Å². The number of hydrogen-bond acceptors (Lipinski definition) is 4. The minimum atomic E-state index is -0.903. The number of aromatic carboxylic acids is 1. The zero-order valence-electron chi connectivity index (χ0n) is 12.3. The second kappa shape index (κ2) is 8.68. The summed E-state index contributed by atoms with van der Waals surface area (Å²) in [4.78, 5) is 13.2. The molecule has 0 radical (unpaired) electrons. The van der Waals surface area contributed by atoms with Gasteiger partial charge in [-0.25, -0.2) is 4.79 Å². The molecule has 1 rings (SSSR count). The Bertz CT molecular complexity index is 422. The largest absolute Gasteiger partial charge is 0.478 e. The number of carboxylic acid groups (broad SMARTS) is 1. The molecule has 1 N–H and O–H groups in total. The maximum atomic E-state index is 11.0. The van der Waals surface area contributed by atoms with Crippen LogP contribution in [0, 0.1) is 0 Å². The molecular weight excluding hydrogens is 258 g/mol. The molecule has 0 heterocycles. The molecule has 5 nitrogen and oxygen atoms in total. The molecular formula is C15H23NO4. The topological polar surface area (TPSA) is 59.0 Å². The summed E-state index contributed by atoms with van der Waals surface area (Å²) < 4.78 is 10.3. The summed E-state index contributed by atoms with van der Waals surface area (Å²) in [5.41, 5.74) is 1.29. The Labute approximate surface area is 120 Å². The Kier molecular flexibility index (Phi) is 7.22. The standard InChI is InChI=1S/C15H23NO4/c1-12(11-20-3)16(7-8-19-2)10-13-5-4-6-14(9-13)15(17)18/h4-6,9,12H,7-8,10-11H2,1-3H3,(H,17,18). The van der Waals surface area contributed by atoms with Gasteiger partial charge in [0.2, 0.25) is 0 Å². The Morgan fingerprint density at radius 2 is 2.10 bits per heavy atom. The first-order valence-corrected chi connectivity index (χ1v) is 6.62. The predicted octanol–water partition coefficient (Wildman–Crippen LogP) is 1.87. The first-order chi connectivity index (χ1) is 9.58. The second-order valence-electron chi connectivity index (χ2n) is 4.77. The number of ether oxygens (including phenoxy) is 2. The van der Waals surface area contributed by atoms with Crippen LogP contribution >= 0.6 is 0 Å². The monoisotopic (exact) mass is 281 g/mol. The van der Waals surface area contributed by atoms with E-state index in [9.17, 15) is 4.79 Å². The van der Waals surface area contributed by atoms with Crippen molar-refractivity contribution >= 4 is 5.97 Å². The predicted molar refractivity (Wildman–Crippen MR) is 77.0 cm³/mol. The molecule has 5 heteroatoms. The summed E-state index contributed by atoms with van der Waals surface area (Å²) in [6.07, 6.45) is 0. The van der Waals surface area contributed by atoms with Gasteiger partial charge >= 0.3 is 5.97 Å². The lowest BCUT2D eigenvalue weighted by Crippen LogP contribution is -2.38. The van der Waals surface area contributed by atoms with E-state index in [2.05, 4.69) is 11.8 Å². The van der Waals surface area contributed by atoms with E-state index >= 15 is 0 Å². The van der Waals surface area contributed by atoms with Crippen LogP contribution in [0.4, 0.5) is 0 Å². The van der Waals surface area contributed by atoms with Gasteiger partial charge in [0.25, 0.3) is 0 Å². The first-order valence-electron chi connectivity index (χ1n) is 6.62. The van der Waals surface area contributed by atoms with Crippen LogP contribution in [0.1, 0.15) is 22.8 Å². The first kappa shape index (κ1) is 16.6. The van der Waals surface area contributed by atoms with E-state index in [1.54, 1.807) is 32.4 Å². The van der Waals surface area contributed by atoms with E-state index in [0.717, 1.165) is 12.1 Å². The zero-order valence-corrected chi connectivity index (χ0v) is 12.3. The van der Waals surface area contributed by atoms with E-state index in [0.29, 0.717) is 25.3 Å². The van der Waals surface area contributed by atoms with Crippen molar-refractivity contribution in [1.29, 1.82) is 0 Å². The Balaban J connectivity index is 2.77. The Morgan fingerprint density at radius 3 is 2.70 bits per heavy atom. The van der Waals surface area contributed by atoms with Crippen LogP contribution in [-0.2, 0) is 16.0 Å². The van der Waals surface area contributed by atoms with Gasteiger partial charge in [-0.1, -0.05) is 12.1 Å². The molecule has 1 atom stereocenters. The quantitative estimate of drug-likeness (QED) is 0.749. The van der Waals surface area contributed by atoms with Gasteiger partial charge in [0.05, 0.1) is 18.8 Å². The Hall–Kier alpha value is -1.43. The molecule has 0 amide bonds. The van der Waals surface area contributed by atoms with Crippen molar-refractivity contribution in [2.45, 2.75) is 19.5 Å². The van der Waals surface area contributed by atoms with Crippen LogP contribution in [0.25, 0.3) is 0 Å². The van der Waals surface area contributed by atoms with Crippen LogP contribution in [-0.4, -0.2) is 56.0 Å². The van der Waals surface area contributed by atoms with Crippen LogP contribution in [0.5, 0.6) is 0 Å². The number of nitrogens with zero attached hydrogens (tertiary/aromatic N) is 1. The van der Waals surface area contributed by atoms with Gasteiger partial charge in [-0.05, 0) is 24.6 Å². The lowest BCUT2D eigenvalue weighted by Gasteiger charge is -2.28. The third kappa shape index (κ3) is 5.28. The third-order valence-corrected chi connectivity index (χ3v) is 3.17. The van der Waals surface area contributed by atoms with Crippen molar-refractivity contribution in [2.24, 2.45) is 0 Å². The maximum Gasteiger partial charge on any atom is 0.335 e. The average molecular weight is 281 g/mol. The van der Waals surface area contributed by atoms with Crippen LogP contribution in [0.3, 0.4) is 0 Å². The molecule has 1 unspecified atom stereocenters. The molecule has 0 spiro atoms. The summed E-state index contributed by atoms with van der Waals surface area (Å²) in [5.74, 6) is -0.903. The fraction of sp³-hybridized carbons (Fsp3) is 0.533. The maximum absolute atomic E-state index is 11.0. The minimum absolute atomic E-state index is 0.239. The van der Waals surface area contributed by atoms with E-state index in [1.807, 2.05) is 6.07 Å². The highest BCUT2D eigenvalue weighted by atomic mass is 16.5. The van der Waals surface area contributed by atoms with Gasteiger partial charge < -0.3 is 14.6 Å². The highest BCUT2D eigenvalue weighted by molar-refractivity contribution is 5.87. The molecule has 1 aromatic rings. The fourth-order valence-electron chi connectivity index (χ4n) is 2.05. The number of carbonyl (C=O) groups is 1. The van der Waals surface area contributed by atoms with Gasteiger partial charge in [0.15, 0.2) is 0 Å². The number of rotatable bonds is 9. The average Bonchev–Trinajstić information content (AvgIpc) is 2.44. The molecule has 0 aromatic heterocycles. The van der Waals surface area contributed by atoms with E-state index in [4.69, 9.17) is 14.6 Å². The summed E-state index contributed by atoms with van der Waals surface area (Å²) in [6, 6.07) is 7.26. The minimum Gasteiger partial charge on any atom is -0.478 e. The van der Waals surface area contributed by atoms with Crippen LogP contribution in [0.2, 0.25) is 0 Å². The lowest BCUT2D eigenvalue weighted by molar-refractivity contribution is 0.0688. The SMILES string of the molecule is COCCN(Cc1cccc(C(=O)O)c1)C(C)COC. The van der Waals surface area contributed by atoms with Crippen molar-refractivity contribution in [3.05, 3.63) is 35.4 Å². The van der Waals surface area contributed by atoms with Gasteiger partial charge in [-0.15, -0.1) is 0 Å². The molecule has 0 bridgehead atoms. The molecule has 0 aliphatic heterocycles. The number of benzene rings is 1. The van der Waals surface area contributed by atoms with Gasteiger partial charge in [-0.2, -0.15) is 0 Å². The zero-order chi connectivity index (χ0) is 15.0. The summed E-state index contributed by atoms with van der Waals surface area (Å²) in [6.45, 7) is 4.79. The van der Waals surface area contributed by atoms with Gasteiger partial charge in [-0.3, -0.25) is 4.90 Å². The molecule has 0 aliphatic carbocycles. The molecule has 112 valence electrons. The number of carboxylic acids is 1. The normalized spacial score (nSPS) is 12.6. The molecule has 0 saturated carbocycles. The smallest absolute Gasteiger partial charge is 0.335 e. The third-order valence-electron chi connectivity index (χ3n) is 3.17. The van der Waals surface area contributed by atoms with Crippen molar-refractivity contribution in [1.82, 2.24) is 4.90 Å². The van der Waals surface area contributed by atoms with E-state index < -0.39 is 5.97 Å². The van der Waals surface area contributed by atoms with Crippen molar-refractivity contribution in [2.75, 3.05) is 34.0 Å². The summed E-state index contributed by atoms with van der Waals surface area (Å²) in [5, 5.41) is 9.02. The molecule has 0 aliphatic rings. The van der Waals surface area contributed by atoms with Crippen LogP contribution in [0.15, 0.2) is 24.3 Å². The van der Waals surface area contributed by atoms with E-state index in [1.165, 1.54) is 0 Å². The van der Waals surface area contributed by atoms with Crippen molar-refractivity contribution in [3.8, 4) is 0 Å². The molecule has 20 heavy (non-hydrogen) atoms. The van der Waals surface area contributed by atoms with Crippen molar-refractivity contribution < 1.29 is 19.4 Å². The van der Waals surface area contributed by atoms with Crippen molar-refractivity contribution in [3.63, 3.8) is 0 Å². The molecule has 0 fully saturated rings. The number of hydrogen-bond donors (Lipinski definition) is 1. The van der Waals surface area contributed by atoms with Gasteiger partial charge in [0, 0.05) is 33.4 Å². The highest BCUT2D eigenvalue weighted by Gasteiger charge is 2.14. The summed E-state index contributed by atoms with van der Waals surface area (Å²) in [7, 11) is 3.35.